The van der Waals surface area contributed by atoms with E-state index in [1.807, 2.05) is 27.1 Å². The van der Waals surface area contributed by atoms with Gasteiger partial charge in [-0.05, 0) is 63.4 Å². The van der Waals surface area contributed by atoms with Crippen LogP contribution in [0, 0.1) is 5.92 Å². The number of hydrogen-bond donors (Lipinski definition) is 4. The minimum atomic E-state index is -1.22. The number of carbonyl (C=O) groups is 7. The molecule has 3 fully saturated rings. The SMILES string of the molecule is CC(C)C[C@H](NC(=O)[C@H](CCC(N)=O)NC(=O)[C@@H]1CCCN1C(=O)[C@@H]1CCCN1C(=O)c1ccc[n+](C)c1)C(=O)N1CCC[C@H]1C(N)=O. The molecule has 0 aromatic carbocycles. The third-order valence-electron chi connectivity index (χ3n) is 9.32. The van der Waals surface area contributed by atoms with E-state index in [2.05, 4.69) is 10.6 Å². The van der Waals surface area contributed by atoms with Crippen molar-refractivity contribution in [2.45, 2.75) is 102 Å². The van der Waals surface area contributed by atoms with Gasteiger partial charge >= 0.3 is 0 Å². The van der Waals surface area contributed by atoms with Gasteiger partial charge < -0.3 is 36.8 Å². The number of aryl methyl sites for hydroxylation is 1. The zero-order chi connectivity index (χ0) is 35.1. The first-order chi connectivity index (χ1) is 22.8. The number of primary amides is 2. The molecular formula is C33H49N8O7+. The van der Waals surface area contributed by atoms with Gasteiger partial charge in [0.05, 0.1) is 0 Å². The molecule has 15 nitrogen and oxygen atoms in total. The summed E-state index contributed by atoms with van der Waals surface area (Å²) < 4.78 is 1.76. The Balaban J connectivity index is 1.47. The zero-order valence-corrected chi connectivity index (χ0v) is 28.1. The highest BCUT2D eigenvalue weighted by atomic mass is 16.2. The van der Waals surface area contributed by atoms with Crippen LogP contribution in [0.15, 0.2) is 24.5 Å². The van der Waals surface area contributed by atoms with E-state index in [-0.39, 0.29) is 37.0 Å². The number of nitrogens with two attached hydrogens (primary N) is 2. The zero-order valence-electron chi connectivity index (χ0n) is 28.1. The number of aromatic nitrogens is 1. The van der Waals surface area contributed by atoms with E-state index >= 15 is 0 Å². The predicted octanol–water partition coefficient (Wildman–Crippen LogP) is -1.14. The van der Waals surface area contributed by atoms with Gasteiger partial charge in [-0.1, -0.05) is 13.8 Å². The topological polar surface area (TPSA) is 209 Å². The third kappa shape index (κ3) is 8.66. The number of amides is 7. The lowest BCUT2D eigenvalue weighted by Gasteiger charge is -2.32. The number of nitrogens with zero attached hydrogens (tertiary/aromatic N) is 4. The van der Waals surface area contributed by atoms with Gasteiger partial charge in [0, 0.05) is 32.1 Å². The Morgan fingerprint density at radius 3 is 2.10 bits per heavy atom. The van der Waals surface area contributed by atoms with E-state index in [0.29, 0.717) is 63.7 Å². The molecule has 15 heteroatoms. The number of carbonyl (C=O) groups excluding carboxylic acids is 7. The summed E-state index contributed by atoms with van der Waals surface area (Å²) in [5.41, 5.74) is 11.4. The van der Waals surface area contributed by atoms with Gasteiger partial charge in [0.15, 0.2) is 12.4 Å². The average molecular weight is 670 g/mol. The number of hydrogen-bond acceptors (Lipinski definition) is 7. The second-order valence-corrected chi connectivity index (χ2v) is 13.5. The van der Waals surface area contributed by atoms with Crippen LogP contribution < -0.4 is 26.7 Å². The summed E-state index contributed by atoms with van der Waals surface area (Å²) in [5.74, 6) is -3.57. The number of pyridine rings is 1. The molecule has 7 amide bonds. The molecular weight excluding hydrogens is 620 g/mol. The number of rotatable bonds is 13. The quantitative estimate of drug-likeness (QED) is 0.190. The number of likely N-dealkylation sites (tertiary alicyclic amines) is 3. The Kier molecular flexibility index (Phi) is 12.1. The summed E-state index contributed by atoms with van der Waals surface area (Å²) in [6.45, 7) is 4.84. The average Bonchev–Trinajstić information content (AvgIpc) is 3.82. The van der Waals surface area contributed by atoms with Crippen molar-refractivity contribution in [1.82, 2.24) is 25.3 Å². The maximum atomic E-state index is 13.9. The highest BCUT2D eigenvalue weighted by Crippen LogP contribution is 2.27. The maximum absolute atomic E-state index is 13.9. The van der Waals surface area contributed by atoms with Crippen LogP contribution in [0.3, 0.4) is 0 Å². The van der Waals surface area contributed by atoms with E-state index in [1.165, 1.54) is 9.80 Å². The van der Waals surface area contributed by atoms with E-state index in [0.717, 1.165) is 0 Å². The summed E-state index contributed by atoms with van der Waals surface area (Å²) in [6.07, 6.45) is 6.52. The van der Waals surface area contributed by atoms with Gasteiger partial charge in [-0.25, -0.2) is 4.57 Å². The van der Waals surface area contributed by atoms with Gasteiger partial charge in [0.2, 0.25) is 35.4 Å². The monoisotopic (exact) mass is 669 g/mol. The first kappa shape index (κ1) is 36.3. The summed E-state index contributed by atoms with van der Waals surface area (Å²) >= 11 is 0. The van der Waals surface area contributed by atoms with Gasteiger partial charge in [-0.2, -0.15) is 0 Å². The molecule has 6 N–H and O–H groups in total. The van der Waals surface area contributed by atoms with Crippen molar-refractivity contribution in [3.8, 4) is 0 Å². The fourth-order valence-electron chi connectivity index (χ4n) is 6.96. The molecule has 1 aromatic rings. The smallest absolute Gasteiger partial charge is 0.260 e. The van der Waals surface area contributed by atoms with Crippen molar-refractivity contribution in [3.63, 3.8) is 0 Å². The molecule has 0 bridgehead atoms. The second-order valence-electron chi connectivity index (χ2n) is 13.5. The first-order valence-corrected chi connectivity index (χ1v) is 16.8. The van der Waals surface area contributed by atoms with Crippen molar-refractivity contribution >= 4 is 41.4 Å². The largest absolute Gasteiger partial charge is 0.370 e. The molecule has 0 unspecified atom stereocenters. The van der Waals surface area contributed by atoms with Gasteiger partial charge in [0.1, 0.15) is 42.8 Å². The molecule has 0 spiro atoms. The second kappa shape index (κ2) is 16.0. The number of nitrogens with one attached hydrogen (secondary N) is 2. The maximum Gasteiger partial charge on any atom is 0.260 e. The van der Waals surface area contributed by atoms with Gasteiger partial charge in [0.25, 0.3) is 5.91 Å². The van der Waals surface area contributed by atoms with Crippen LogP contribution in [0.2, 0.25) is 0 Å². The predicted molar refractivity (Wildman–Crippen MR) is 172 cm³/mol. The van der Waals surface area contributed by atoms with Crippen LogP contribution >= 0.6 is 0 Å². The highest BCUT2D eigenvalue weighted by Gasteiger charge is 2.43. The molecule has 0 aliphatic carbocycles. The van der Waals surface area contributed by atoms with Crippen LogP contribution in [0.25, 0.3) is 0 Å². The third-order valence-corrected chi connectivity index (χ3v) is 9.32. The van der Waals surface area contributed by atoms with Crippen LogP contribution in [-0.2, 0) is 35.8 Å². The first-order valence-electron chi connectivity index (χ1n) is 16.8. The van der Waals surface area contributed by atoms with Crippen molar-refractivity contribution in [1.29, 1.82) is 0 Å². The Labute approximate surface area is 280 Å². The van der Waals surface area contributed by atoms with E-state index < -0.39 is 59.7 Å². The fourth-order valence-corrected chi connectivity index (χ4v) is 6.96. The molecule has 3 aliphatic heterocycles. The molecule has 4 rings (SSSR count). The van der Waals surface area contributed by atoms with E-state index in [4.69, 9.17) is 11.5 Å². The van der Waals surface area contributed by atoms with Crippen LogP contribution in [0.1, 0.15) is 82.0 Å². The molecule has 5 atom stereocenters. The van der Waals surface area contributed by atoms with Gasteiger partial charge in [-0.3, -0.25) is 33.6 Å². The molecule has 0 radical (unpaired) electrons. The molecule has 1 aromatic heterocycles. The van der Waals surface area contributed by atoms with E-state index in [1.54, 1.807) is 27.8 Å². The van der Waals surface area contributed by atoms with E-state index in [9.17, 15) is 33.6 Å². The Bertz CT molecular complexity index is 1420. The molecule has 3 aliphatic rings. The Morgan fingerprint density at radius 2 is 1.48 bits per heavy atom. The summed E-state index contributed by atoms with van der Waals surface area (Å²) in [7, 11) is 1.81. The van der Waals surface area contributed by atoms with Crippen LogP contribution in [0.5, 0.6) is 0 Å². The lowest BCUT2D eigenvalue weighted by Crippen LogP contribution is -2.58. The fraction of sp³-hybridized carbons (Fsp3) is 0.636. The lowest BCUT2D eigenvalue weighted by atomic mass is 10.0. The lowest BCUT2D eigenvalue weighted by molar-refractivity contribution is -0.671. The summed E-state index contributed by atoms with van der Waals surface area (Å²) in [5, 5.41) is 5.46. The Morgan fingerprint density at radius 1 is 0.854 bits per heavy atom. The van der Waals surface area contributed by atoms with Crippen molar-refractivity contribution < 1.29 is 38.1 Å². The normalized spacial score (nSPS) is 22.0. The van der Waals surface area contributed by atoms with Crippen molar-refractivity contribution in [2.24, 2.45) is 24.4 Å². The van der Waals surface area contributed by atoms with Crippen LogP contribution in [-0.4, -0.2) is 106 Å². The molecule has 4 heterocycles. The summed E-state index contributed by atoms with van der Waals surface area (Å²) in [4.78, 5) is 96.3. The Hall–Kier alpha value is -4.56. The minimum absolute atomic E-state index is 0.00250. The molecule has 3 saturated heterocycles. The molecule has 262 valence electrons. The van der Waals surface area contributed by atoms with Crippen molar-refractivity contribution in [2.75, 3.05) is 19.6 Å². The molecule has 48 heavy (non-hydrogen) atoms. The van der Waals surface area contributed by atoms with Gasteiger partial charge in [-0.15, -0.1) is 0 Å². The molecule has 0 saturated carbocycles. The van der Waals surface area contributed by atoms with Crippen LogP contribution in [0.4, 0.5) is 0 Å². The minimum Gasteiger partial charge on any atom is -0.370 e. The standard InChI is InChI=1S/C33H48N8O7/c1-20(2)18-23(32(47)39-15-5-9-24(39)28(35)43)37-29(44)22(12-13-27(34)42)36-30(45)25-10-6-16-40(25)33(48)26-11-7-17-41(26)31(46)21-8-4-14-38(3)19-21/h4,8,14,19-20,22-26H,5-7,9-13,15-18H2,1-3H3,(H5-,34,35,36,37,42,43,44,45)/p+1/t22-,23-,24-,25-,26-/m0/s1. The van der Waals surface area contributed by atoms with Crippen molar-refractivity contribution in [3.05, 3.63) is 30.1 Å². The highest BCUT2D eigenvalue weighted by molar-refractivity contribution is 5.99. The summed E-state index contributed by atoms with van der Waals surface area (Å²) in [6, 6.07) is -1.12.